The largest absolute Gasteiger partial charge is 0.394 e. The molecule has 7 nitrogen and oxygen atoms in total. The number of aliphatic hydroxyl groups is 2. The summed E-state index contributed by atoms with van der Waals surface area (Å²) in [7, 11) is 0. The number of nitrogens with zero attached hydrogens (tertiary/aromatic N) is 1. The summed E-state index contributed by atoms with van der Waals surface area (Å²) < 4.78 is 5.52. The Morgan fingerprint density at radius 2 is 2.39 bits per heavy atom. The third kappa shape index (κ3) is 1.91. The number of rotatable bonds is 2. The third-order valence-corrected chi connectivity index (χ3v) is 3.22. The Morgan fingerprint density at radius 3 is 2.89 bits per heavy atom. The number of hydrogen-bond acceptors (Lipinski definition) is 6. The lowest BCUT2D eigenvalue weighted by molar-refractivity contribution is -0.118. The standard InChI is InChI=1S/C11H17N3O4/c1-6-13-8(16)3-4-14(6)10-11(2,12)9(17)7(5-15)18-10/h3-4,7,9-10,15,17H,1,5,12H2,2H3,(H,13,16)/t7-,9-,10-,11-/m1/s1. The van der Waals surface area contributed by atoms with E-state index in [1.807, 2.05) is 0 Å². The lowest BCUT2D eigenvalue weighted by Gasteiger charge is -2.37. The molecule has 0 bridgehead atoms. The molecule has 2 rings (SSSR count). The highest BCUT2D eigenvalue weighted by Gasteiger charge is 2.53. The first kappa shape index (κ1) is 13.0. The minimum Gasteiger partial charge on any atom is -0.394 e. The van der Waals surface area contributed by atoms with Gasteiger partial charge in [-0.15, -0.1) is 0 Å². The summed E-state index contributed by atoms with van der Waals surface area (Å²) in [4.78, 5) is 12.7. The fraction of sp³-hybridized carbons (Fsp3) is 0.545. The Labute approximate surface area is 105 Å². The lowest BCUT2D eigenvalue weighted by Crippen LogP contribution is -2.59. The Kier molecular flexibility index (Phi) is 3.16. The van der Waals surface area contributed by atoms with Gasteiger partial charge in [0, 0.05) is 12.3 Å². The quantitative estimate of drug-likeness (QED) is 0.463. The first-order valence-corrected chi connectivity index (χ1v) is 5.57. The Balaban J connectivity index is 2.26. The van der Waals surface area contributed by atoms with Gasteiger partial charge < -0.3 is 30.9 Å². The van der Waals surface area contributed by atoms with E-state index in [4.69, 9.17) is 15.6 Å². The van der Waals surface area contributed by atoms with Crippen LogP contribution in [-0.4, -0.2) is 51.6 Å². The van der Waals surface area contributed by atoms with Crippen molar-refractivity contribution in [2.24, 2.45) is 5.73 Å². The maximum absolute atomic E-state index is 11.1. The fourth-order valence-corrected chi connectivity index (χ4v) is 2.15. The van der Waals surface area contributed by atoms with E-state index in [-0.39, 0.29) is 12.5 Å². The average Bonchev–Trinajstić information content (AvgIpc) is 2.52. The summed E-state index contributed by atoms with van der Waals surface area (Å²) in [6.45, 7) is 4.98. The Bertz CT molecular complexity index is 407. The first-order chi connectivity index (χ1) is 8.37. The number of nitrogens with one attached hydrogen (secondary N) is 1. The monoisotopic (exact) mass is 255 g/mol. The van der Waals surface area contributed by atoms with E-state index >= 15 is 0 Å². The van der Waals surface area contributed by atoms with Gasteiger partial charge in [-0.2, -0.15) is 0 Å². The second-order valence-corrected chi connectivity index (χ2v) is 4.68. The van der Waals surface area contributed by atoms with Gasteiger partial charge in [0.1, 0.15) is 18.0 Å². The van der Waals surface area contributed by atoms with Crippen molar-refractivity contribution in [1.29, 1.82) is 0 Å². The number of aliphatic hydroxyl groups excluding tert-OH is 2. The van der Waals surface area contributed by atoms with Gasteiger partial charge >= 0.3 is 0 Å². The van der Waals surface area contributed by atoms with E-state index in [0.29, 0.717) is 5.82 Å². The molecule has 2 heterocycles. The first-order valence-electron chi connectivity index (χ1n) is 5.57. The van der Waals surface area contributed by atoms with E-state index in [1.54, 1.807) is 6.92 Å². The normalized spacial score (nSPS) is 40.2. The van der Waals surface area contributed by atoms with E-state index < -0.39 is 24.0 Å². The van der Waals surface area contributed by atoms with Crippen LogP contribution in [0.15, 0.2) is 24.7 Å². The number of nitrogens with two attached hydrogens (primary N) is 1. The number of carbonyl (C=O) groups is 1. The SMILES string of the molecule is C=C1NC(=O)C=CN1[C@@H]1O[C@H](CO)[C@@H](O)[C@@]1(C)N. The molecule has 1 amide bonds. The molecule has 0 unspecified atom stereocenters. The molecule has 2 aliphatic heterocycles. The number of hydrogen-bond donors (Lipinski definition) is 4. The van der Waals surface area contributed by atoms with Crippen LogP contribution in [-0.2, 0) is 9.53 Å². The molecule has 2 aliphatic rings. The van der Waals surface area contributed by atoms with Gasteiger partial charge in [-0.25, -0.2) is 0 Å². The summed E-state index contributed by atoms with van der Waals surface area (Å²) in [5.74, 6) is 0.0298. The lowest BCUT2D eigenvalue weighted by atomic mass is 9.93. The summed E-state index contributed by atoms with van der Waals surface area (Å²) >= 11 is 0. The van der Waals surface area contributed by atoms with Gasteiger partial charge in [-0.05, 0) is 6.92 Å². The number of carbonyl (C=O) groups excluding carboxylic acids is 1. The van der Waals surface area contributed by atoms with Gasteiger partial charge in [0.05, 0.1) is 12.1 Å². The van der Waals surface area contributed by atoms with Crippen molar-refractivity contribution in [2.75, 3.05) is 6.61 Å². The number of ether oxygens (including phenoxy) is 1. The van der Waals surface area contributed by atoms with Crippen LogP contribution < -0.4 is 11.1 Å². The summed E-state index contributed by atoms with van der Waals surface area (Å²) in [5, 5.41) is 21.6. The second-order valence-electron chi connectivity index (χ2n) is 4.68. The van der Waals surface area contributed by atoms with Gasteiger partial charge in [0.15, 0.2) is 6.23 Å². The van der Waals surface area contributed by atoms with Crippen molar-refractivity contribution in [2.45, 2.75) is 30.9 Å². The van der Waals surface area contributed by atoms with Crippen molar-refractivity contribution in [3.63, 3.8) is 0 Å². The summed E-state index contributed by atoms with van der Waals surface area (Å²) in [6.07, 6.45) is 0.320. The van der Waals surface area contributed by atoms with Crippen molar-refractivity contribution < 1.29 is 19.7 Å². The molecule has 0 saturated carbocycles. The van der Waals surface area contributed by atoms with E-state index in [1.165, 1.54) is 17.2 Å². The molecular weight excluding hydrogens is 238 g/mol. The molecule has 18 heavy (non-hydrogen) atoms. The minimum atomic E-state index is -1.09. The zero-order chi connectivity index (χ0) is 13.5. The van der Waals surface area contributed by atoms with Crippen molar-refractivity contribution >= 4 is 5.91 Å². The van der Waals surface area contributed by atoms with E-state index in [2.05, 4.69) is 11.9 Å². The Hall–Kier alpha value is -1.41. The zero-order valence-electron chi connectivity index (χ0n) is 10.0. The smallest absolute Gasteiger partial charge is 0.250 e. The molecule has 4 atom stereocenters. The number of amides is 1. The molecule has 5 N–H and O–H groups in total. The van der Waals surface area contributed by atoms with Crippen LogP contribution in [0, 0.1) is 0 Å². The van der Waals surface area contributed by atoms with E-state index in [9.17, 15) is 9.90 Å². The van der Waals surface area contributed by atoms with Gasteiger partial charge in [-0.1, -0.05) is 6.58 Å². The van der Waals surface area contributed by atoms with Gasteiger partial charge in [-0.3, -0.25) is 4.79 Å². The maximum atomic E-state index is 11.1. The van der Waals surface area contributed by atoms with E-state index in [0.717, 1.165) is 0 Å². The van der Waals surface area contributed by atoms with Crippen LogP contribution in [0.25, 0.3) is 0 Å². The summed E-state index contributed by atoms with van der Waals surface area (Å²) in [5.41, 5.74) is 4.95. The molecule has 0 spiro atoms. The predicted octanol–water partition coefficient (Wildman–Crippen LogP) is -1.80. The predicted molar refractivity (Wildman–Crippen MR) is 62.6 cm³/mol. The van der Waals surface area contributed by atoms with Crippen LogP contribution in [0.5, 0.6) is 0 Å². The average molecular weight is 255 g/mol. The van der Waals surface area contributed by atoms with Crippen molar-refractivity contribution in [3.8, 4) is 0 Å². The molecular formula is C11H17N3O4. The summed E-state index contributed by atoms with van der Waals surface area (Å²) in [6, 6.07) is 0. The van der Waals surface area contributed by atoms with Crippen LogP contribution in [0.1, 0.15) is 6.92 Å². The Morgan fingerprint density at radius 1 is 1.72 bits per heavy atom. The highest BCUT2D eigenvalue weighted by molar-refractivity contribution is 5.89. The van der Waals surface area contributed by atoms with Crippen LogP contribution in [0.4, 0.5) is 0 Å². The molecule has 7 heteroatoms. The van der Waals surface area contributed by atoms with Crippen LogP contribution in [0.2, 0.25) is 0 Å². The highest BCUT2D eigenvalue weighted by Crippen LogP contribution is 2.33. The molecule has 0 aromatic rings. The van der Waals surface area contributed by atoms with Crippen LogP contribution >= 0.6 is 0 Å². The molecule has 0 aromatic carbocycles. The second kappa shape index (κ2) is 4.36. The molecule has 0 radical (unpaired) electrons. The van der Waals surface area contributed by atoms with Crippen molar-refractivity contribution in [3.05, 3.63) is 24.7 Å². The molecule has 0 aromatic heterocycles. The minimum absolute atomic E-state index is 0.285. The highest BCUT2D eigenvalue weighted by atomic mass is 16.5. The van der Waals surface area contributed by atoms with Crippen LogP contribution in [0.3, 0.4) is 0 Å². The maximum Gasteiger partial charge on any atom is 0.250 e. The molecule has 1 saturated heterocycles. The molecule has 100 valence electrons. The fourth-order valence-electron chi connectivity index (χ4n) is 2.15. The molecule has 0 aliphatic carbocycles. The zero-order valence-corrected chi connectivity index (χ0v) is 10.0. The topological polar surface area (TPSA) is 108 Å². The van der Waals surface area contributed by atoms with Gasteiger partial charge in [0.2, 0.25) is 0 Å². The van der Waals surface area contributed by atoms with Crippen molar-refractivity contribution in [1.82, 2.24) is 10.2 Å². The third-order valence-electron chi connectivity index (χ3n) is 3.22. The molecule has 1 fully saturated rings. The van der Waals surface area contributed by atoms with Gasteiger partial charge in [0.25, 0.3) is 5.91 Å².